The van der Waals surface area contributed by atoms with E-state index in [4.69, 9.17) is 4.74 Å². The fourth-order valence-electron chi connectivity index (χ4n) is 3.70. The molecule has 0 fully saturated rings. The van der Waals surface area contributed by atoms with Crippen LogP contribution in [0.5, 0.6) is 11.5 Å². The van der Waals surface area contributed by atoms with Gasteiger partial charge in [0.1, 0.15) is 23.0 Å². The minimum absolute atomic E-state index is 0.209. The lowest BCUT2D eigenvalue weighted by molar-refractivity contribution is 0.0949. The number of amides is 2. The number of hydrogen-bond acceptors (Lipinski definition) is 6. The molecule has 4 heterocycles. The van der Waals surface area contributed by atoms with Crippen LogP contribution >= 0.6 is 0 Å². The fourth-order valence-corrected chi connectivity index (χ4v) is 3.70. The molecule has 2 amide bonds. The highest BCUT2D eigenvalue weighted by Crippen LogP contribution is 2.28. The van der Waals surface area contributed by atoms with E-state index in [9.17, 15) is 9.59 Å². The number of pyridine rings is 2. The van der Waals surface area contributed by atoms with Crippen molar-refractivity contribution in [3.63, 3.8) is 0 Å². The van der Waals surface area contributed by atoms with Crippen LogP contribution in [0.15, 0.2) is 79.5 Å². The first-order valence-corrected chi connectivity index (χ1v) is 11.2. The molecule has 180 valence electrons. The number of rotatable bonds is 7. The predicted molar refractivity (Wildman–Crippen MR) is 133 cm³/mol. The molecule has 0 bridgehead atoms. The van der Waals surface area contributed by atoms with Gasteiger partial charge in [0.2, 0.25) is 0 Å². The summed E-state index contributed by atoms with van der Waals surface area (Å²) >= 11 is 0. The van der Waals surface area contributed by atoms with Crippen LogP contribution in [0.25, 0.3) is 5.65 Å². The lowest BCUT2D eigenvalue weighted by Gasteiger charge is -2.13. The molecule has 0 unspecified atom stereocenters. The molecule has 10 nitrogen and oxygen atoms in total. The largest absolute Gasteiger partial charge is 0.457 e. The molecule has 0 radical (unpaired) electrons. The molecule has 0 aliphatic rings. The molecule has 5 rings (SSSR count). The van der Waals surface area contributed by atoms with Gasteiger partial charge in [-0.15, -0.1) is 0 Å². The molecule has 1 aromatic carbocycles. The number of nitrogens with zero attached hydrogens (tertiary/aromatic N) is 5. The molecule has 5 aromatic rings. The maximum absolute atomic E-state index is 12.9. The van der Waals surface area contributed by atoms with Crippen LogP contribution in [0.3, 0.4) is 0 Å². The maximum atomic E-state index is 12.9. The van der Waals surface area contributed by atoms with Gasteiger partial charge in [-0.1, -0.05) is 6.07 Å². The number of nitrogens with one attached hydrogen (secondary N) is 2. The van der Waals surface area contributed by atoms with Crippen molar-refractivity contribution in [3.8, 4) is 11.5 Å². The van der Waals surface area contributed by atoms with Crippen molar-refractivity contribution in [1.82, 2.24) is 29.5 Å². The molecule has 2 N–H and O–H groups in total. The second-order valence-electron chi connectivity index (χ2n) is 8.15. The Morgan fingerprint density at radius 3 is 2.69 bits per heavy atom. The second-order valence-corrected chi connectivity index (χ2v) is 8.15. The normalized spacial score (nSPS) is 10.8. The van der Waals surface area contributed by atoms with Gasteiger partial charge in [0.15, 0.2) is 5.69 Å². The van der Waals surface area contributed by atoms with E-state index < -0.39 is 0 Å². The summed E-state index contributed by atoms with van der Waals surface area (Å²) in [6.07, 6.45) is 8.72. The third-order valence-corrected chi connectivity index (χ3v) is 5.59. The lowest BCUT2D eigenvalue weighted by Crippen LogP contribution is -2.23. The van der Waals surface area contributed by atoms with Gasteiger partial charge in [-0.3, -0.25) is 14.3 Å². The predicted octanol–water partition coefficient (Wildman–Crippen LogP) is 3.75. The smallest absolute Gasteiger partial charge is 0.277 e. The summed E-state index contributed by atoms with van der Waals surface area (Å²) in [4.78, 5) is 33.7. The summed E-state index contributed by atoms with van der Waals surface area (Å²) in [5.41, 5.74) is 3.25. The summed E-state index contributed by atoms with van der Waals surface area (Å²) in [5.74, 6) is 0.731. The number of carbonyl (C=O) groups excluding carboxylic acids is 2. The molecule has 36 heavy (non-hydrogen) atoms. The SMILES string of the molecule is Cc1c(Oc2ccnc(NC(=O)c3ccn(C)n3)c2)cccc1C(=O)NCc1ccn2ccnc2c1. The highest BCUT2D eigenvalue weighted by atomic mass is 16.5. The van der Waals surface area contributed by atoms with Gasteiger partial charge in [0.25, 0.3) is 11.8 Å². The van der Waals surface area contributed by atoms with Crippen LogP contribution in [-0.2, 0) is 13.6 Å². The maximum Gasteiger partial charge on any atom is 0.277 e. The molecule has 0 saturated carbocycles. The minimum atomic E-state index is -0.373. The summed E-state index contributed by atoms with van der Waals surface area (Å²) in [6.45, 7) is 2.20. The van der Waals surface area contributed by atoms with Crippen molar-refractivity contribution >= 4 is 23.3 Å². The third-order valence-electron chi connectivity index (χ3n) is 5.59. The first-order chi connectivity index (χ1) is 17.5. The third kappa shape index (κ3) is 4.92. The lowest BCUT2D eigenvalue weighted by atomic mass is 10.1. The van der Waals surface area contributed by atoms with Gasteiger partial charge in [-0.05, 0) is 48.9 Å². The van der Waals surface area contributed by atoms with Crippen LogP contribution in [-0.4, -0.2) is 36.0 Å². The van der Waals surface area contributed by atoms with E-state index in [1.54, 1.807) is 60.5 Å². The molecule has 0 spiro atoms. The van der Waals surface area contributed by atoms with E-state index in [1.807, 2.05) is 35.9 Å². The van der Waals surface area contributed by atoms with Crippen molar-refractivity contribution in [2.75, 3.05) is 5.32 Å². The van der Waals surface area contributed by atoms with Crippen LogP contribution in [0, 0.1) is 6.92 Å². The average molecular weight is 482 g/mol. The fraction of sp³-hybridized carbons (Fsp3) is 0.115. The first kappa shape index (κ1) is 22.8. The van der Waals surface area contributed by atoms with Crippen LogP contribution < -0.4 is 15.4 Å². The number of ether oxygens (including phenoxy) is 1. The number of anilines is 1. The standard InChI is InChI=1S/C26H23N7O3/c1-17-20(25(34)29-16-18-7-12-33-13-10-28-24(33)14-18)4-3-5-22(17)36-19-6-9-27-23(15-19)30-26(35)21-8-11-32(2)31-21/h3-15H,16H2,1-2H3,(H,29,34)(H,27,30,35). The van der Waals surface area contributed by atoms with Crippen molar-refractivity contribution in [1.29, 1.82) is 0 Å². The average Bonchev–Trinajstić information content (AvgIpc) is 3.52. The van der Waals surface area contributed by atoms with Gasteiger partial charge in [-0.2, -0.15) is 5.10 Å². The number of aromatic nitrogens is 5. The molecule has 4 aromatic heterocycles. The number of carbonyl (C=O) groups is 2. The van der Waals surface area contributed by atoms with E-state index in [2.05, 4.69) is 25.7 Å². The molecular weight excluding hydrogens is 458 g/mol. The highest BCUT2D eigenvalue weighted by molar-refractivity contribution is 6.02. The number of benzene rings is 1. The van der Waals surface area contributed by atoms with E-state index in [0.29, 0.717) is 35.0 Å². The van der Waals surface area contributed by atoms with E-state index in [0.717, 1.165) is 11.2 Å². The second kappa shape index (κ2) is 9.71. The Balaban J connectivity index is 1.26. The molecule has 0 atom stereocenters. The van der Waals surface area contributed by atoms with Crippen molar-refractivity contribution in [2.45, 2.75) is 13.5 Å². The zero-order chi connectivity index (χ0) is 25.1. The Labute approximate surface area is 206 Å². The molecule has 0 aliphatic carbocycles. The van der Waals surface area contributed by atoms with E-state index in [1.165, 1.54) is 6.20 Å². The Bertz CT molecular complexity index is 1570. The first-order valence-electron chi connectivity index (χ1n) is 11.2. The molecule has 0 aliphatic heterocycles. The van der Waals surface area contributed by atoms with Crippen molar-refractivity contribution in [2.24, 2.45) is 7.05 Å². The van der Waals surface area contributed by atoms with Gasteiger partial charge in [0.05, 0.1) is 0 Å². The van der Waals surface area contributed by atoms with Crippen LogP contribution in [0.2, 0.25) is 0 Å². The van der Waals surface area contributed by atoms with Crippen LogP contribution in [0.1, 0.15) is 32.0 Å². The van der Waals surface area contributed by atoms with E-state index >= 15 is 0 Å². The summed E-state index contributed by atoms with van der Waals surface area (Å²) in [7, 11) is 1.74. The topological polar surface area (TPSA) is 115 Å². The van der Waals surface area contributed by atoms with Crippen molar-refractivity contribution in [3.05, 3.63) is 102 Å². The monoisotopic (exact) mass is 481 g/mol. The molecule has 0 saturated heterocycles. The van der Waals surface area contributed by atoms with Gasteiger partial charge >= 0.3 is 0 Å². The quantitative estimate of drug-likeness (QED) is 0.366. The number of fused-ring (bicyclic) bond motifs is 1. The van der Waals surface area contributed by atoms with Crippen LogP contribution in [0.4, 0.5) is 5.82 Å². The van der Waals surface area contributed by atoms with Gasteiger partial charge < -0.3 is 19.8 Å². The number of imidazole rings is 1. The Hall–Kier alpha value is -4.99. The zero-order valence-corrected chi connectivity index (χ0v) is 19.7. The summed E-state index contributed by atoms with van der Waals surface area (Å²) in [6, 6.07) is 14.1. The van der Waals surface area contributed by atoms with Gasteiger partial charge in [-0.25, -0.2) is 9.97 Å². The van der Waals surface area contributed by atoms with E-state index in [-0.39, 0.29) is 17.5 Å². The number of aryl methyl sites for hydroxylation is 1. The minimum Gasteiger partial charge on any atom is -0.457 e. The summed E-state index contributed by atoms with van der Waals surface area (Å²) in [5, 5.41) is 9.75. The Kier molecular flexibility index (Phi) is 6.14. The highest BCUT2D eigenvalue weighted by Gasteiger charge is 2.14. The molecule has 10 heteroatoms. The summed E-state index contributed by atoms with van der Waals surface area (Å²) < 4.78 is 9.49. The van der Waals surface area contributed by atoms with Gasteiger partial charge in [0, 0.05) is 61.8 Å². The molecular formula is C26H23N7O3. The zero-order valence-electron chi connectivity index (χ0n) is 19.7. The number of hydrogen-bond donors (Lipinski definition) is 2. The Morgan fingerprint density at radius 2 is 1.86 bits per heavy atom. The Morgan fingerprint density at radius 1 is 0.972 bits per heavy atom. The van der Waals surface area contributed by atoms with Crippen molar-refractivity contribution < 1.29 is 14.3 Å².